The highest BCUT2D eigenvalue weighted by Crippen LogP contribution is 2.43. The third kappa shape index (κ3) is 3.26. The van der Waals surface area contributed by atoms with Crippen molar-refractivity contribution in [2.24, 2.45) is 0 Å². The monoisotopic (exact) mass is 423 g/mol. The van der Waals surface area contributed by atoms with E-state index in [-0.39, 0.29) is 39.0 Å². The molecule has 1 fully saturated rings. The largest absolute Gasteiger partial charge is 0.508 e. The Bertz CT molecular complexity index is 1460. The molecule has 3 heterocycles. The molecule has 4 aromatic rings. The molecule has 162 valence electrons. The molecular weight excluding hydrogens is 394 g/mol. The zero-order chi connectivity index (χ0) is 23.7. The minimum atomic E-state index is -2.02. The minimum absolute atomic E-state index is 0.0246. The predicted molar refractivity (Wildman–Crippen MR) is 121 cm³/mol. The Labute approximate surface area is 182 Å². The normalized spacial score (nSPS) is 17.4. The summed E-state index contributed by atoms with van der Waals surface area (Å²) in [6.07, 6.45) is 2.77. The van der Waals surface area contributed by atoms with Crippen molar-refractivity contribution in [2.45, 2.75) is 51.9 Å². The quantitative estimate of drug-likeness (QED) is 0.421. The van der Waals surface area contributed by atoms with Gasteiger partial charge in [0.15, 0.2) is 5.58 Å². The standard InChI is InChI=1S/C25H27NO5/c1-25(2,3)17-12-18(28)16(13-26-9-5-4-6-10-26)20-21-22(31-23(17)20)15-8-7-14(27)11-19(15)30-24(21)29/h7-8,11-12,27-28H,4-6,9-10,13H2,1-3H3/i13D2. The van der Waals surface area contributed by atoms with E-state index in [0.717, 1.165) is 19.3 Å². The van der Waals surface area contributed by atoms with Crippen LogP contribution in [0.25, 0.3) is 32.9 Å². The molecule has 1 aliphatic heterocycles. The van der Waals surface area contributed by atoms with Crippen molar-refractivity contribution in [3.05, 3.63) is 45.8 Å². The van der Waals surface area contributed by atoms with Gasteiger partial charge in [-0.2, -0.15) is 0 Å². The first-order valence-electron chi connectivity index (χ1n) is 11.6. The lowest BCUT2D eigenvalue weighted by Crippen LogP contribution is -2.29. The third-order valence-corrected chi connectivity index (χ3v) is 5.99. The summed E-state index contributed by atoms with van der Waals surface area (Å²) >= 11 is 0. The van der Waals surface area contributed by atoms with Crippen molar-refractivity contribution in [1.29, 1.82) is 0 Å². The summed E-state index contributed by atoms with van der Waals surface area (Å²) in [5.74, 6) is -0.257. The molecule has 1 aliphatic rings. The van der Waals surface area contributed by atoms with Crippen molar-refractivity contribution in [3.63, 3.8) is 0 Å². The van der Waals surface area contributed by atoms with Crippen LogP contribution in [-0.2, 0) is 11.9 Å². The molecule has 2 aromatic carbocycles. The first-order valence-corrected chi connectivity index (χ1v) is 10.6. The van der Waals surface area contributed by atoms with E-state index in [1.54, 1.807) is 17.0 Å². The molecule has 0 unspecified atom stereocenters. The van der Waals surface area contributed by atoms with Gasteiger partial charge >= 0.3 is 5.63 Å². The summed E-state index contributed by atoms with van der Waals surface area (Å²) in [5, 5.41) is 21.8. The second-order valence-corrected chi connectivity index (χ2v) is 9.31. The summed E-state index contributed by atoms with van der Waals surface area (Å²) in [4.78, 5) is 14.9. The van der Waals surface area contributed by atoms with E-state index >= 15 is 0 Å². The Morgan fingerprint density at radius 1 is 1.03 bits per heavy atom. The maximum atomic E-state index is 13.2. The molecule has 6 heteroatoms. The summed E-state index contributed by atoms with van der Waals surface area (Å²) < 4.78 is 29.8. The molecule has 0 saturated carbocycles. The number of rotatable bonds is 2. The lowest BCUT2D eigenvalue weighted by molar-refractivity contribution is 0.219. The van der Waals surface area contributed by atoms with Gasteiger partial charge in [-0.15, -0.1) is 0 Å². The van der Waals surface area contributed by atoms with Gasteiger partial charge < -0.3 is 19.0 Å². The summed E-state index contributed by atoms with van der Waals surface area (Å²) in [5.41, 5.74) is 0.319. The topological polar surface area (TPSA) is 87.0 Å². The van der Waals surface area contributed by atoms with Crippen molar-refractivity contribution in [1.82, 2.24) is 4.90 Å². The average molecular weight is 424 g/mol. The van der Waals surface area contributed by atoms with Crippen LogP contribution in [0.4, 0.5) is 0 Å². The van der Waals surface area contributed by atoms with Crippen LogP contribution in [-0.4, -0.2) is 28.2 Å². The molecule has 6 nitrogen and oxygen atoms in total. The molecule has 2 N–H and O–H groups in total. The highest BCUT2D eigenvalue weighted by atomic mass is 16.4. The molecule has 0 radical (unpaired) electrons. The highest BCUT2D eigenvalue weighted by Gasteiger charge is 2.28. The number of hydrogen-bond acceptors (Lipinski definition) is 6. The second kappa shape index (κ2) is 7.02. The number of furan rings is 1. The van der Waals surface area contributed by atoms with Crippen LogP contribution in [0.3, 0.4) is 0 Å². The first kappa shape index (κ1) is 17.7. The molecule has 0 atom stereocenters. The first-order chi connectivity index (χ1) is 15.5. The van der Waals surface area contributed by atoms with Gasteiger partial charge in [-0.1, -0.05) is 27.2 Å². The Hall–Kier alpha value is -2.99. The van der Waals surface area contributed by atoms with Crippen molar-refractivity contribution >= 4 is 32.9 Å². The molecule has 5 rings (SSSR count). The molecule has 31 heavy (non-hydrogen) atoms. The number of nitrogens with zero attached hydrogens (tertiary/aromatic N) is 1. The summed E-state index contributed by atoms with van der Waals surface area (Å²) in [6.45, 7) is 4.99. The third-order valence-electron chi connectivity index (χ3n) is 5.99. The Kier molecular flexibility index (Phi) is 4.00. The average Bonchev–Trinajstić information content (AvgIpc) is 3.13. The van der Waals surface area contributed by atoms with E-state index in [9.17, 15) is 15.0 Å². The zero-order valence-corrected chi connectivity index (χ0v) is 17.9. The fourth-order valence-electron chi connectivity index (χ4n) is 4.41. The fourth-order valence-corrected chi connectivity index (χ4v) is 4.41. The van der Waals surface area contributed by atoms with Gasteiger partial charge in [-0.05, 0) is 49.5 Å². The molecule has 0 spiro atoms. The minimum Gasteiger partial charge on any atom is -0.508 e. The van der Waals surface area contributed by atoms with Gasteiger partial charge in [0.2, 0.25) is 0 Å². The van der Waals surface area contributed by atoms with E-state index < -0.39 is 17.5 Å². The lowest BCUT2D eigenvalue weighted by Gasteiger charge is -2.27. The number of fused-ring (bicyclic) bond motifs is 5. The van der Waals surface area contributed by atoms with E-state index in [1.807, 2.05) is 20.8 Å². The molecule has 1 saturated heterocycles. The van der Waals surface area contributed by atoms with E-state index in [1.165, 1.54) is 12.1 Å². The predicted octanol–water partition coefficient (Wildman–Crippen LogP) is 5.39. The molecule has 2 aromatic heterocycles. The van der Waals surface area contributed by atoms with E-state index in [0.29, 0.717) is 29.6 Å². The van der Waals surface area contributed by atoms with Gasteiger partial charge in [0.05, 0.1) is 5.39 Å². The fraction of sp³-hybridized carbons (Fsp3) is 0.400. The van der Waals surface area contributed by atoms with Crippen LogP contribution in [0, 0.1) is 0 Å². The number of likely N-dealkylation sites (tertiary alicyclic amines) is 1. The lowest BCUT2D eigenvalue weighted by atomic mass is 9.84. The van der Waals surface area contributed by atoms with Crippen molar-refractivity contribution in [3.8, 4) is 11.5 Å². The van der Waals surface area contributed by atoms with Crippen LogP contribution in [0.15, 0.2) is 37.9 Å². The smallest absolute Gasteiger partial charge is 0.348 e. The summed E-state index contributed by atoms with van der Waals surface area (Å²) in [7, 11) is 0. The number of piperidine rings is 1. The SMILES string of the molecule is [2H]C([2H])(c1c(O)cc(C(C)(C)C)c2oc3c4ccc(O)cc4oc(=O)c3c12)N1CCCCC1. The number of phenols is 2. The zero-order valence-electron chi connectivity index (χ0n) is 19.9. The van der Waals surface area contributed by atoms with Crippen LogP contribution in [0.1, 0.15) is 53.9 Å². The number of phenolic OH excluding ortho intramolecular Hbond substituents is 2. The Morgan fingerprint density at radius 3 is 2.48 bits per heavy atom. The molecular formula is C25H27NO5. The second-order valence-electron chi connectivity index (χ2n) is 9.31. The number of hydrogen-bond donors (Lipinski definition) is 2. The van der Waals surface area contributed by atoms with Crippen LogP contribution in [0.5, 0.6) is 11.5 Å². The van der Waals surface area contributed by atoms with Gasteiger partial charge in [-0.25, -0.2) is 4.79 Å². The maximum Gasteiger partial charge on any atom is 0.348 e. The van der Waals surface area contributed by atoms with Crippen molar-refractivity contribution in [2.75, 3.05) is 13.1 Å². The molecule has 0 bridgehead atoms. The number of benzene rings is 2. The van der Waals surface area contributed by atoms with Crippen LogP contribution in [0.2, 0.25) is 0 Å². The highest BCUT2D eigenvalue weighted by molar-refractivity contribution is 6.15. The Morgan fingerprint density at radius 2 is 1.77 bits per heavy atom. The van der Waals surface area contributed by atoms with Gasteiger partial charge in [0, 0.05) is 31.8 Å². The van der Waals surface area contributed by atoms with E-state index in [4.69, 9.17) is 11.6 Å². The Balaban J connectivity index is 1.97. The number of aromatic hydroxyl groups is 2. The van der Waals surface area contributed by atoms with Gasteiger partial charge in [-0.3, -0.25) is 4.90 Å². The van der Waals surface area contributed by atoms with Crippen molar-refractivity contribution < 1.29 is 21.8 Å². The summed E-state index contributed by atoms with van der Waals surface area (Å²) in [6, 6.07) is 5.98. The van der Waals surface area contributed by atoms with Crippen LogP contribution >= 0.6 is 0 Å². The maximum absolute atomic E-state index is 13.2. The molecule has 0 aliphatic carbocycles. The van der Waals surface area contributed by atoms with Crippen LogP contribution < -0.4 is 5.63 Å². The van der Waals surface area contributed by atoms with E-state index in [2.05, 4.69) is 0 Å². The van der Waals surface area contributed by atoms with Gasteiger partial charge in [0.25, 0.3) is 0 Å². The van der Waals surface area contributed by atoms with Gasteiger partial charge in [0.1, 0.15) is 28.1 Å². The molecule has 0 amide bonds.